The molecule has 2 aliphatic heterocycles. The van der Waals surface area contributed by atoms with E-state index in [1.165, 1.54) is 5.56 Å². The number of piperidine rings is 1. The van der Waals surface area contributed by atoms with E-state index in [9.17, 15) is 9.59 Å². The second-order valence-corrected chi connectivity index (χ2v) is 10.4. The summed E-state index contributed by atoms with van der Waals surface area (Å²) in [4.78, 5) is 43.1. The molecular weight excluding hydrogens is 494 g/mol. The molecule has 2 aliphatic rings. The molecule has 2 aromatic heterocycles. The molecule has 4 heterocycles. The van der Waals surface area contributed by atoms with Crippen LogP contribution < -0.4 is 22.1 Å². The Bertz CT molecular complexity index is 1440. The number of H-pyrrole nitrogens is 1. The van der Waals surface area contributed by atoms with Gasteiger partial charge in [0.1, 0.15) is 0 Å². The third kappa shape index (κ3) is 4.55. The number of hydrogen-bond donors (Lipinski definition) is 5. The van der Waals surface area contributed by atoms with E-state index in [-0.39, 0.29) is 33.9 Å². The summed E-state index contributed by atoms with van der Waals surface area (Å²) < 4.78 is 0. The number of nitrogens with two attached hydrogens (primary N) is 2. The molecule has 0 unspecified atom stereocenters. The highest BCUT2D eigenvalue weighted by Gasteiger charge is 2.41. The molecule has 194 valence electrons. The van der Waals surface area contributed by atoms with Gasteiger partial charge in [0.05, 0.1) is 5.54 Å². The molecule has 0 aliphatic carbocycles. The molecule has 0 saturated carbocycles. The van der Waals surface area contributed by atoms with Gasteiger partial charge in [-0.25, -0.2) is 9.97 Å². The van der Waals surface area contributed by atoms with Gasteiger partial charge in [0.2, 0.25) is 0 Å². The van der Waals surface area contributed by atoms with E-state index >= 15 is 0 Å². The number of nitrogens with zero attached hydrogens (tertiary/aromatic N) is 4. The topological polar surface area (TPSA) is 167 Å². The fraction of sp³-hybridized carbons (Fsp3) is 0.400. The van der Waals surface area contributed by atoms with Crippen LogP contribution in [-0.2, 0) is 0 Å². The summed E-state index contributed by atoms with van der Waals surface area (Å²) >= 11 is 5.88. The molecule has 5 rings (SSSR count). The number of anilines is 2. The first-order chi connectivity index (χ1) is 17.6. The number of hydrogen-bond acceptors (Lipinski definition) is 6. The fourth-order valence-corrected chi connectivity index (χ4v) is 5.39. The number of aliphatic imine (C=N–C) groups is 1. The Labute approximate surface area is 219 Å². The maximum atomic E-state index is 13.4. The number of nitrogens with one attached hydrogen (secondary N) is 3. The number of aromatic amines is 1. The van der Waals surface area contributed by atoms with E-state index in [1.807, 2.05) is 23.1 Å². The zero-order chi connectivity index (χ0) is 26.5. The molecule has 7 N–H and O–H groups in total. The van der Waals surface area contributed by atoms with Gasteiger partial charge >= 0.3 is 5.91 Å². The Balaban J connectivity index is 1.26. The number of nitrogen functional groups attached to an aromatic ring is 2. The summed E-state index contributed by atoms with van der Waals surface area (Å²) in [5.41, 5.74) is 15.0. The molecule has 1 spiro atoms. The van der Waals surface area contributed by atoms with Crippen molar-refractivity contribution in [3.63, 3.8) is 0 Å². The number of benzene rings is 1. The molecule has 3 aromatic rings. The van der Waals surface area contributed by atoms with Crippen molar-refractivity contribution in [1.29, 1.82) is 0 Å². The van der Waals surface area contributed by atoms with Gasteiger partial charge in [-0.3, -0.25) is 9.59 Å². The van der Waals surface area contributed by atoms with Crippen LogP contribution in [0, 0.1) is 6.92 Å². The van der Waals surface area contributed by atoms with Crippen molar-refractivity contribution in [1.82, 2.24) is 30.5 Å². The van der Waals surface area contributed by atoms with Crippen LogP contribution in [0.4, 0.5) is 11.6 Å². The SMILES string of the molecule is Cc1[nH]c2ccc(C(=O)N3CCC4(CC3)CN/C(=N\C(=O)c3nc(Cl)c(N)nc3N)N4)cc2c1C(C)C. The van der Waals surface area contributed by atoms with E-state index in [1.54, 1.807) is 0 Å². The van der Waals surface area contributed by atoms with E-state index in [0.717, 1.165) is 16.6 Å². The van der Waals surface area contributed by atoms with Crippen molar-refractivity contribution in [2.75, 3.05) is 31.1 Å². The normalized spacial score (nSPS) is 18.0. The van der Waals surface area contributed by atoms with Gasteiger partial charge in [0, 0.05) is 41.8 Å². The zero-order valence-corrected chi connectivity index (χ0v) is 21.7. The van der Waals surface area contributed by atoms with E-state index in [2.05, 4.69) is 51.3 Å². The number of aryl methyl sites for hydroxylation is 1. The lowest BCUT2D eigenvalue weighted by molar-refractivity contribution is 0.0669. The summed E-state index contributed by atoms with van der Waals surface area (Å²) in [6.07, 6.45) is 1.41. The number of carbonyl (C=O) groups excluding carboxylic acids is 2. The Hall–Kier alpha value is -3.86. The van der Waals surface area contributed by atoms with Crippen molar-refractivity contribution in [2.45, 2.75) is 45.1 Å². The highest BCUT2D eigenvalue weighted by atomic mass is 35.5. The second-order valence-electron chi connectivity index (χ2n) is 10.0. The van der Waals surface area contributed by atoms with Crippen molar-refractivity contribution >= 4 is 51.9 Å². The van der Waals surface area contributed by atoms with Gasteiger partial charge < -0.3 is 32.0 Å². The van der Waals surface area contributed by atoms with E-state index in [4.69, 9.17) is 23.1 Å². The van der Waals surface area contributed by atoms with Gasteiger partial charge in [-0.15, -0.1) is 0 Å². The van der Waals surface area contributed by atoms with Gasteiger partial charge in [0.15, 0.2) is 28.4 Å². The third-order valence-electron chi connectivity index (χ3n) is 7.17. The molecule has 11 nitrogen and oxygen atoms in total. The van der Waals surface area contributed by atoms with Crippen molar-refractivity contribution in [3.8, 4) is 0 Å². The van der Waals surface area contributed by atoms with E-state index in [0.29, 0.717) is 49.9 Å². The van der Waals surface area contributed by atoms with Crippen LogP contribution in [0.1, 0.15) is 64.7 Å². The Kier molecular flexibility index (Phi) is 6.18. The standard InChI is InChI=1S/C25H30ClN9O2/c1-12(2)17-13(3)30-16-5-4-14(10-15(16)17)23(37)35-8-6-25(7-9-35)11-29-24(34-25)33-22(36)18-20(27)32-21(28)19(26)31-18/h4-5,10,12,30H,6-9,11H2,1-3H3,(H4,27,28,32)(H2,29,33,34,36). The minimum absolute atomic E-state index is 0.0228. The first-order valence-corrected chi connectivity index (χ1v) is 12.6. The predicted molar refractivity (Wildman–Crippen MR) is 144 cm³/mol. The third-order valence-corrected chi connectivity index (χ3v) is 7.44. The maximum Gasteiger partial charge on any atom is 0.302 e. The maximum absolute atomic E-state index is 13.4. The number of guanidine groups is 1. The molecule has 0 bridgehead atoms. The van der Waals surface area contributed by atoms with Gasteiger partial charge in [-0.1, -0.05) is 25.4 Å². The van der Waals surface area contributed by atoms with Gasteiger partial charge in [-0.05, 0) is 49.4 Å². The van der Waals surface area contributed by atoms with Crippen molar-refractivity contribution in [3.05, 3.63) is 45.9 Å². The van der Waals surface area contributed by atoms with Crippen LogP contribution in [0.15, 0.2) is 23.2 Å². The lowest BCUT2D eigenvalue weighted by Gasteiger charge is -2.38. The average molecular weight is 524 g/mol. The minimum atomic E-state index is -0.678. The first-order valence-electron chi connectivity index (χ1n) is 12.2. The number of halogens is 1. The molecule has 0 atom stereocenters. The van der Waals surface area contributed by atoms with Crippen LogP contribution in [0.2, 0.25) is 5.15 Å². The van der Waals surface area contributed by atoms with Crippen LogP contribution in [0.25, 0.3) is 10.9 Å². The summed E-state index contributed by atoms with van der Waals surface area (Å²) in [7, 11) is 0. The Morgan fingerprint density at radius 2 is 1.89 bits per heavy atom. The lowest BCUT2D eigenvalue weighted by atomic mass is 9.88. The number of rotatable bonds is 3. The number of carbonyl (C=O) groups is 2. The number of aromatic nitrogens is 3. The Morgan fingerprint density at radius 1 is 1.16 bits per heavy atom. The molecule has 37 heavy (non-hydrogen) atoms. The molecule has 12 heteroatoms. The smallest absolute Gasteiger partial charge is 0.302 e. The highest BCUT2D eigenvalue weighted by molar-refractivity contribution is 6.31. The van der Waals surface area contributed by atoms with Crippen LogP contribution in [0.3, 0.4) is 0 Å². The van der Waals surface area contributed by atoms with Crippen LogP contribution in [0.5, 0.6) is 0 Å². The number of likely N-dealkylation sites (tertiary alicyclic amines) is 1. The number of fused-ring (bicyclic) bond motifs is 1. The Morgan fingerprint density at radius 3 is 2.59 bits per heavy atom. The zero-order valence-electron chi connectivity index (χ0n) is 21.0. The average Bonchev–Trinajstić information content (AvgIpc) is 3.40. The van der Waals surface area contributed by atoms with Crippen molar-refractivity contribution in [2.24, 2.45) is 4.99 Å². The monoisotopic (exact) mass is 523 g/mol. The summed E-state index contributed by atoms with van der Waals surface area (Å²) in [6.45, 7) is 8.15. The molecular formula is C25H30ClN9O2. The molecule has 2 amide bonds. The number of amides is 2. The van der Waals surface area contributed by atoms with Gasteiger partial charge in [-0.2, -0.15) is 4.99 Å². The summed E-state index contributed by atoms with van der Waals surface area (Å²) in [6, 6.07) is 5.88. The lowest BCUT2D eigenvalue weighted by Crippen LogP contribution is -2.53. The van der Waals surface area contributed by atoms with Crippen LogP contribution in [-0.4, -0.2) is 62.8 Å². The molecule has 2 fully saturated rings. The summed E-state index contributed by atoms with van der Waals surface area (Å²) in [5.74, 6) is -0.155. The van der Waals surface area contributed by atoms with Crippen molar-refractivity contribution < 1.29 is 9.59 Å². The quantitative estimate of drug-likeness (QED) is 0.349. The molecule has 0 radical (unpaired) electrons. The largest absolute Gasteiger partial charge is 0.382 e. The first kappa shape index (κ1) is 24.8. The van der Waals surface area contributed by atoms with Gasteiger partial charge in [0.25, 0.3) is 5.91 Å². The molecule has 1 aromatic carbocycles. The fourth-order valence-electron chi connectivity index (χ4n) is 5.26. The van der Waals surface area contributed by atoms with Crippen LogP contribution >= 0.6 is 11.6 Å². The minimum Gasteiger partial charge on any atom is -0.382 e. The summed E-state index contributed by atoms with van der Waals surface area (Å²) in [5, 5.41) is 7.47. The molecule has 2 saturated heterocycles. The van der Waals surface area contributed by atoms with E-state index < -0.39 is 5.91 Å². The predicted octanol–water partition coefficient (Wildman–Crippen LogP) is 2.57. The second kappa shape index (κ2) is 9.22. The highest BCUT2D eigenvalue weighted by Crippen LogP contribution is 2.31.